The van der Waals surface area contributed by atoms with E-state index >= 15 is 0 Å². The van der Waals surface area contributed by atoms with Crippen LogP contribution in [0.25, 0.3) is 0 Å². The first kappa shape index (κ1) is 19.8. The Balaban J connectivity index is 0.00000243. The first-order chi connectivity index (χ1) is 12.0. The third-order valence-corrected chi connectivity index (χ3v) is 4.60. The van der Waals surface area contributed by atoms with E-state index in [1.807, 2.05) is 42.2 Å². The summed E-state index contributed by atoms with van der Waals surface area (Å²) in [6.07, 6.45) is 1.56. The first-order valence-electron chi connectivity index (χ1n) is 8.53. The molecule has 0 bridgehead atoms. The highest BCUT2D eigenvalue weighted by atomic mass is 35.5. The van der Waals surface area contributed by atoms with Crippen LogP contribution in [0.15, 0.2) is 42.5 Å². The molecule has 0 atom stereocenters. The Labute approximate surface area is 160 Å². The summed E-state index contributed by atoms with van der Waals surface area (Å²) in [5.41, 5.74) is 9.93. The minimum absolute atomic E-state index is 0. The predicted molar refractivity (Wildman–Crippen MR) is 105 cm³/mol. The predicted octanol–water partition coefficient (Wildman–Crippen LogP) is 3.05. The van der Waals surface area contributed by atoms with Crippen LogP contribution in [0.5, 0.6) is 0 Å². The van der Waals surface area contributed by atoms with E-state index in [9.17, 15) is 9.59 Å². The van der Waals surface area contributed by atoms with Crippen LogP contribution in [-0.4, -0.2) is 23.3 Å². The molecule has 1 heterocycles. The van der Waals surface area contributed by atoms with Gasteiger partial charge in [0.05, 0.1) is 0 Å². The first-order valence-corrected chi connectivity index (χ1v) is 8.53. The number of carbonyl (C=O) groups excluding carboxylic acids is 2. The largest absolute Gasteiger partial charge is 0.399 e. The smallest absolute Gasteiger partial charge is 0.251 e. The summed E-state index contributed by atoms with van der Waals surface area (Å²) < 4.78 is 0. The molecule has 0 aliphatic carbocycles. The van der Waals surface area contributed by atoms with Crippen molar-refractivity contribution in [2.45, 2.75) is 32.9 Å². The number of aryl methyl sites for hydroxylation is 1. The Kier molecular flexibility index (Phi) is 6.64. The van der Waals surface area contributed by atoms with Gasteiger partial charge in [0.2, 0.25) is 5.91 Å². The van der Waals surface area contributed by atoms with Gasteiger partial charge in [-0.25, -0.2) is 0 Å². The van der Waals surface area contributed by atoms with Crippen LogP contribution < -0.4 is 11.1 Å². The standard InChI is InChI=1S/C20H23N3O2.ClH/c1-14-8-9-17(21)11-18(14)20(25)22-12-15-5-2-3-6-16(15)13-23-10-4-7-19(23)24;/h2-3,5-6,8-9,11H,4,7,10,12-13,21H2,1H3,(H,22,25);1H. The second-order valence-electron chi connectivity index (χ2n) is 6.44. The molecule has 3 rings (SSSR count). The third kappa shape index (κ3) is 4.55. The molecule has 0 spiro atoms. The number of anilines is 1. The molecule has 3 N–H and O–H groups in total. The SMILES string of the molecule is Cc1ccc(N)cc1C(=O)NCc1ccccc1CN1CCCC1=O.Cl. The van der Waals surface area contributed by atoms with Gasteiger partial charge >= 0.3 is 0 Å². The fourth-order valence-electron chi connectivity index (χ4n) is 3.12. The van der Waals surface area contributed by atoms with Crippen LogP contribution >= 0.6 is 12.4 Å². The maximum atomic E-state index is 12.5. The van der Waals surface area contributed by atoms with Crippen molar-refractivity contribution in [3.8, 4) is 0 Å². The van der Waals surface area contributed by atoms with Crippen molar-refractivity contribution in [3.63, 3.8) is 0 Å². The van der Waals surface area contributed by atoms with E-state index in [1.54, 1.807) is 12.1 Å². The molecule has 2 aromatic rings. The summed E-state index contributed by atoms with van der Waals surface area (Å²) >= 11 is 0. The average molecular weight is 374 g/mol. The van der Waals surface area contributed by atoms with E-state index in [0.717, 1.165) is 29.7 Å². The quantitative estimate of drug-likeness (QED) is 0.791. The van der Waals surface area contributed by atoms with Crippen molar-refractivity contribution < 1.29 is 9.59 Å². The summed E-state index contributed by atoms with van der Waals surface area (Å²) in [7, 11) is 0. The maximum Gasteiger partial charge on any atom is 0.251 e. The monoisotopic (exact) mass is 373 g/mol. The van der Waals surface area contributed by atoms with Crippen molar-refractivity contribution in [3.05, 3.63) is 64.7 Å². The van der Waals surface area contributed by atoms with E-state index in [-0.39, 0.29) is 24.2 Å². The molecule has 2 amide bonds. The summed E-state index contributed by atoms with van der Waals surface area (Å²) in [5.74, 6) is 0.0612. The molecule has 0 saturated carbocycles. The lowest BCUT2D eigenvalue weighted by molar-refractivity contribution is -0.128. The van der Waals surface area contributed by atoms with Gasteiger partial charge in [-0.15, -0.1) is 12.4 Å². The molecule has 1 aliphatic heterocycles. The Morgan fingerprint density at radius 2 is 1.92 bits per heavy atom. The Bertz CT molecular complexity index is 807. The van der Waals surface area contributed by atoms with Crippen LogP contribution in [0.1, 0.15) is 39.9 Å². The number of hydrogen-bond acceptors (Lipinski definition) is 3. The second-order valence-corrected chi connectivity index (χ2v) is 6.44. The van der Waals surface area contributed by atoms with Crippen molar-refractivity contribution in [2.24, 2.45) is 0 Å². The molecule has 0 aromatic heterocycles. The van der Waals surface area contributed by atoms with Gasteiger partial charge in [-0.05, 0) is 42.2 Å². The lowest BCUT2D eigenvalue weighted by Gasteiger charge is -2.18. The van der Waals surface area contributed by atoms with Gasteiger partial charge in [0.25, 0.3) is 5.91 Å². The van der Waals surface area contributed by atoms with E-state index in [1.165, 1.54) is 0 Å². The summed E-state index contributed by atoms with van der Waals surface area (Å²) in [6.45, 7) is 3.72. The van der Waals surface area contributed by atoms with Crippen molar-refractivity contribution in [1.82, 2.24) is 10.2 Å². The van der Waals surface area contributed by atoms with Gasteiger partial charge in [-0.2, -0.15) is 0 Å². The zero-order chi connectivity index (χ0) is 17.8. The zero-order valence-electron chi connectivity index (χ0n) is 14.8. The number of nitrogens with two attached hydrogens (primary N) is 1. The highest BCUT2D eigenvalue weighted by Gasteiger charge is 2.21. The van der Waals surface area contributed by atoms with Gasteiger partial charge in [0.15, 0.2) is 0 Å². The fraction of sp³-hybridized carbons (Fsp3) is 0.300. The number of carbonyl (C=O) groups is 2. The van der Waals surface area contributed by atoms with Crippen molar-refractivity contribution in [1.29, 1.82) is 0 Å². The minimum Gasteiger partial charge on any atom is -0.399 e. The number of nitrogens with zero attached hydrogens (tertiary/aromatic N) is 1. The van der Waals surface area contributed by atoms with E-state index < -0.39 is 0 Å². The van der Waals surface area contributed by atoms with Gasteiger partial charge < -0.3 is 16.0 Å². The highest BCUT2D eigenvalue weighted by Crippen LogP contribution is 2.18. The minimum atomic E-state index is -0.142. The number of halogens is 1. The topological polar surface area (TPSA) is 75.4 Å². The number of nitrogens with one attached hydrogen (secondary N) is 1. The maximum absolute atomic E-state index is 12.5. The fourth-order valence-corrected chi connectivity index (χ4v) is 3.12. The number of nitrogen functional groups attached to an aromatic ring is 1. The Morgan fingerprint density at radius 3 is 2.62 bits per heavy atom. The average Bonchev–Trinajstić information content (AvgIpc) is 3.01. The zero-order valence-corrected chi connectivity index (χ0v) is 15.6. The van der Waals surface area contributed by atoms with Crippen LogP contribution in [0.2, 0.25) is 0 Å². The molecule has 0 unspecified atom stereocenters. The van der Waals surface area contributed by atoms with Gasteiger partial charge in [-0.3, -0.25) is 9.59 Å². The molecular formula is C20H24ClN3O2. The summed E-state index contributed by atoms with van der Waals surface area (Å²) in [6, 6.07) is 13.2. The summed E-state index contributed by atoms with van der Waals surface area (Å²) in [4.78, 5) is 26.2. The molecule has 2 aromatic carbocycles. The number of hydrogen-bond donors (Lipinski definition) is 2. The Morgan fingerprint density at radius 1 is 1.19 bits per heavy atom. The van der Waals surface area contributed by atoms with E-state index in [0.29, 0.717) is 30.8 Å². The van der Waals surface area contributed by atoms with Crippen LogP contribution in [-0.2, 0) is 17.9 Å². The molecular weight excluding hydrogens is 350 g/mol. The molecule has 1 aliphatic rings. The number of rotatable bonds is 5. The van der Waals surface area contributed by atoms with Gasteiger partial charge in [0.1, 0.15) is 0 Å². The number of amides is 2. The molecule has 5 nitrogen and oxygen atoms in total. The number of benzene rings is 2. The lowest BCUT2D eigenvalue weighted by Crippen LogP contribution is -2.27. The molecule has 6 heteroatoms. The third-order valence-electron chi connectivity index (χ3n) is 4.60. The number of likely N-dealkylation sites (tertiary alicyclic amines) is 1. The Hall–Kier alpha value is -2.53. The molecule has 0 radical (unpaired) electrons. The van der Waals surface area contributed by atoms with Crippen molar-refractivity contribution in [2.75, 3.05) is 12.3 Å². The van der Waals surface area contributed by atoms with E-state index in [4.69, 9.17) is 5.73 Å². The summed E-state index contributed by atoms with van der Waals surface area (Å²) in [5, 5.41) is 2.96. The van der Waals surface area contributed by atoms with Crippen LogP contribution in [0.3, 0.4) is 0 Å². The van der Waals surface area contributed by atoms with E-state index in [2.05, 4.69) is 5.32 Å². The normalized spacial score (nSPS) is 13.4. The van der Waals surface area contributed by atoms with Crippen LogP contribution in [0, 0.1) is 6.92 Å². The lowest BCUT2D eigenvalue weighted by atomic mass is 10.1. The van der Waals surface area contributed by atoms with Gasteiger partial charge in [0, 0.05) is 37.3 Å². The molecule has 1 saturated heterocycles. The van der Waals surface area contributed by atoms with Crippen molar-refractivity contribution >= 4 is 29.9 Å². The van der Waals surface area contributed by atoms with Gasteiger partial charge in [-0.1, -0.05) is 30.3 Å². The van der Waals surface area contributed by atoms with Crippen LogP contribution in [0.4, 0.5) is 5.69 Å². The molecule has 1 fully saturated rings. The second kappa shape index (κ2) is 8.72. The molecule has 26 heavy (non-hydrogen) atoms. The highest BCUT2D eigenvalue weighted by molar-refractivity contribution is 5.96. The molecule has 138 valence electrons.